The van der Waals surface area contributed by atoms with E-state index < -0.39 is 10.0 Å². The molecule has 2 aromatic rings. The molecule has 30 heavy (non-hydrogen) atoms. The van der Waals surface area contributed by atoms with Crippen LogP contribution in [0.15, 0.2) is 35.2 Å². The summed E-state index contributed by atoms with van der Waals surface area (Å²) in [7, 11) is 4.18. The molecule has 7 nitrogen and oxygen atoms in total. The van der Waals surface area contributed by atoms with Gasteiger partial charge in [-0.2, -0.15) is 0 Å². The second-order valence-corrected chi connectivity index (χ2v) is 9.49. The number of sulfonamides is 1. The molecule has 0 aliphatic carbocycles. The van der Waals surface area contributed by atoms with Crippen LogP contribution in [0.3, 0.4) is 0 Å². The molecule has 0 N–H and O–H groups in total. The standard InChI is InChI=1S/C22H30N2O5S/c1-15-12-18(14-21(16(15)2)30(26,27)23(3)4)22(25)24(5)11-10-17-8-9-19(28-6)20(13-17)29-7/h8-9,12-14H,10-11H2,1-7H3. The summed E-state index contributed by atoms with van der Waals surface area (Å²) < 4.78 is 37.0. The van der Waals surface area contributed by atoms with E-state index in [1.54, 1.807) is 39.2 Å². The molecule has 0 bridgehead atoms. The number of methoxy groups -OCH3 is 2. The first-order chi connectivity index (χ1) is 14.0. The fraction of sp³-hybridized carbons (Fsp3) is 0.409. The van der Waals surface area contributed by atoms with Crippen molar-refractivity contribution in [3.05, 3.63) is 52.6 Å². The van der Waals surface area contributed by atoms with Crippen LogP contribution in [0, 0.1) is 13.8 Å². The first-order valence-corrected chi connectivity index (χ1v) is 11.0. The zero-order valence-corrected chi connectivity index (χ0v) is 19.5. The molecule has 0 aliphatic heterocycles. The molecule has 0 aliphatic rings. The van der Waals surface area contributed by atoms with Crippen LogP contribution in [0.2, 0.25) is 0 Å². The third-order valence-corrected chi connectivity index (χ3v) is 7.10. The summed E-state index contributed by atoms with van der Waals surface area (Å²) in [6.07, 6.45) is 0.621. The van der Waals surface area contributed by atoms with Crippen molar-refractivity contribution in [2.45, 2.75) is 25.2 Å². The van der Waals surface area contributed by atoms with Crippen LogP contribution in [0.25, 0.3) is 0 Å². The van der Waals surface area contributed by atoms with Gasteiger partial charge in [0, 0.05) is 33.3 Å². The average Bonchev–Trinajstić information content (AvgIpc) is 2.72. The highest BCUT2D eigenvalue weighted by atomic mass is 32.2. The minimum absolute atomic E-state index is 0.157. The second-order valence-electron chi connectivity index (χ2n) is 7.37. The number of carbonyl (C=O) groups excluding carboxylic acids is 1. The Balaban J connectivity index is 2.23. The minimum Gasteiger partial charge on any atom is -0.493 e. The van der Waals surface area contributed by atoms with Gasteiger partial charge < -0.3 is 14.4 Å². The average molecular weight is 435 g/mol. The Morgan fingerprint density at radius 3 is 2.17 bits per heavy atom. The van der Waals surface area contributed by atoms with E-state index in [0.717, 1.165) is 15.4 Å². The van der Waals surface area contributed by atoms with E-state index in [2.05, 4.69) is 0 Å². The van der Waals surface area contributed by atoms with Crippen LogP contribution in [0.4, 0.5) is 0 Å². The summed E-state index contributed by atoms with van der Waals surface area (Å²) >= 11 is 0. The number of benzene rings is 2. The topological polar surface area (TPSA) is 76.2 Å². The SMILES string of the molecule is COc1ccc(CCN(C)C(=O)c2cc(C)c(C)c(S(=O)(=O)N(C)C)c2)cc1OC. The minimum atomic E-state index is -3.64. The summed E-state index contributed by atoms with van der Waals surface area (Å²) in [6, 6.07) is 8.84. The molecule has 0 unspecified atom stereocenters. The Bertz CT molecular complexity index is 1030. The van der Waals surface area contributed by atoms with Gasteiger partial charge in [0.1, 0.15) is 0 Å². The Kier molecular flexibility index (Phi) is 7.49. The summed E-state index contributed by atoms with van der Waals surface area (Å²) in [6.45, 7) is 4.03. The van der Waals surface area contributed by atoms with Gasteiger partial charge in [-0.05, 0) is 61.2 Å². The van der Waals surface area contributed by atoms with Crippen molar-refractivity contribution in [1.82, 2.24) is 9.21 Å². The van der Waals surface area contributed by atoms with Crippen LogP contribution in [0.5, 0.6) is 11.5 Å². The number of ether oxygens (including phenoxy) is 2. The van der Waals surface area contributed by atoms with Gasteiger partial charge in [-0.25, -0.2) is 12.7 Å². The van der Waals surface area contributed by atoms with Crippen molar-refractivity contribution >= 4 is 15.9 Å². The number of amides is 1. The summed E-state index contributed by atoms with van der Waals surface area (Å²) in [5.41, 5.74) is 2.76. The molecular formula is C22H30N2O5S. The first kappa shape index (κ1) is 23.7. The molecule has 2 aromatic carbocycles. The van der Waals surface area contributed by atoms with E-state index in [1.165, 1.54) is 20.2 Å². The van der Waals surface area contributed by atoms with Gasteiger partial charge in [-0.3, -0.25) is 4.79 Å². The van der Waals surface area contributed by atoms with Crippen LogP contribution >= 0.6 is 0 Å². The Morgan fingerprint density at radius 2 is 1.60 bits per heavy atom. The molecule has 0 saturated carbocycles. The van der Waals surface area contributed by atoms with E-state index in [1.807, 2.05) is 25.1 Å². The molecule has 2 rings (SSSR count). The van der Waals surface area contributed by atoms with Crippen molar-refractivity contribution in [1.29, 1.82) is 0 Å². The lowest BCUT2D eigenvalue weighted by Crippen LogP contribution is -2.30. The molecule has 0 saturated heterocycles. The highest BCUT2D eigenvalue weighted by Gasteiger charge is 2.24. The number of nitrogens with zero attached hydrogens (tertiary/aromatic N) is 2. The molecule has 8 heteroatoms. The van der Waals surface area contributed by atoms with E-state index in [4.69, 9.17) is 9.47 Å². The van der Waals surface area contributed by atoms with Gasteiger partial charge in [0.05, 0.1) is 19.1 Å². The van der Waals surface area contributed by atoms with Gasteiger partial charge in [0.15, 0.2) is 11.5 Å². The maximum atomic E-state index is 13.0. The number of hydrogen-bond acceptors (Lipinski definition) is 5. The van der Waals surface area contributed by atoms with Crippen molar-refractivity contribution in [2.75, 3.05) is 41.9 Å². The van der Waals surface area contributed by atoms with Gasteiger partial charge in [-0.1, -0.05) is 6.07 Å². The highest BCUT2D eigenvalue weighted by Crippen LogP contribution is 2.28. The third kappa shape index (κ3) is 4.94. The summed E-state index contributed by atoms with van der Waals surface area (Å²) in [5, 5.41) is 0. The Labute approximate surface area is 179 Å². The molecule has 0 spiro atoms. The third-order valence-electron chi connectivity index (χ3n) is 5.16. The lowest BCUT2D eigenvalue weighted by atomic mass is 10.0. The lowest BCUT2D eigenvalue weighted by molar-refractivity contribution is 0.0796. The van der Waals surface area contributed by atoms with Gasteiger partial charge in [0.2, 0.25) is 10.0 Å². The monoisotopic (exact) mass is 434 g/mol. The summed E-state index contributed by atoms with van der Waals surface area (Å²) in [5.74, 6) is 1.06. The van der Waals surface area contributed by atoms with Crippen molar-refractivity contribution < 1.29 is 22.7 Å². The zero-order chi connectivity index (χ0) is 22.6. The van der Waals surface area contributed by atoms with Crippen LogP contribution in [-0.2, 0) is 16.4 Å². The second kappa shape index (κ2) is 9.49. The smallest absolute Gasteiger partial charge is 0.253 e. The Hall–Kier alpha value is -2.58. The summed E-state index contributed by atoms with van der Waals surface area (Å²) in [4.78, 5) is 14.7. The quantitative estimate of drug-likeness (QED) is 0.639. The predicted octanol–water partition coefficient (Wildman–Crippen LogP) is 2.89. The number of carbonyl (C=O) groups is 1. The van der Waals surface area contributed by atoms with Crippen LogP contribution < -0.4 is 9.47 Å². The fourth-order valence-electron chi connectivity index (χ4n) is 3.07. The molecule has 0 atom stereocenters. The van der Waals surface area contributed by atoms with Gasteiger partial charge in [0.25, 0.3) is 5.91 Å². The van der Waals surface area contributed by atoms with Crippen molar-refractivity contribution in [2.24, 2.45) is 0 Å². The normalized spacial score (nSPS) is 11.5. The number of likely N-dealkylation sites (N-methyl/N-ethyl adjacent to an activating group) is 1. The van der Waals surface area contributed by atoms with E-state index >= 15 is 0 Å². The first-order valence-electron chi connectivity index (χ1n) is 9.53. The molecule has 0 aromatic heterocycles. The van der Waals surface area contributed by atoms with E-state index in [-0.39, 0.29) is 10.8 Å². The molecule has 0 fully saturated rings. The maximum absolute atomic E-state index is 13.0. The number of rotatable bonds is 8. The molecule has 1 amide bonds. The molecule has 0 heterocycles. The lowest BCUT2D eigenvalue weighted by Gasteiger charge is -2.20. The zero-order valence-electron chi connectivity index (χ0n) is 18.6. The molecule has 164 valence electrons. The Morgan fingerprint density at radius 1 is 0.967 bits per heavy atom. The largest absolute Gasteiger partial charge is 0.493 e. The fourth-order valence-corrected chi connectivity index (χ4v) is 4.29. The van der Waals surface area contributed by atoms with Crippen molar-refractivity contribution in [3.8, 4) is 11.5 Å². The van der Waals surface area contributed by atoms with E-state index in [9.17, 15) is 13.2 Å². The molecular weight excluding hydrogens is 404 g/mol. The van der Waals surface area contributed by atoms with Crippen LogP contribution in [0.1, 0.15) is 27.0 Å². The van der Waals surface area contributed by atoms with Gasteiger partial charge in [-0.15, -0.1) is 0 Å². The maximum Gasteiger partial charge on any atom is 0.253 e. The number of aryl methyl sites for hydroxylation is 1. The predicted molar refractivity (Wildman–Crippen MR) is 117 cm³/mol. The number of hydrogen-bond donors (Lipinski definition) is 0. The molecule has 0 radical (unpaired) electrons. The van der Waals surface area contributed by atoms with Crippen LogP contribution in [-0.4, -0.2) is 65.4 Å². The highest BCUT2D eigenvalue weighted by molar-refractivity contribution is 7.89. The van der Waals surface area contributed by atoms with Crippen molar-refractivity contribution in [3.63, 3.8) is 0 Å². The van der Waals surface area contributed by atoms with Gasteiger partial charge >= 0.3 is 0 Å². The van der Waals surface area contributed by atoms with E-state index in [0.29, 0.717) is 35.6 Å².